The first kappa shape index (κ1) is 11.4. The predicted octanol–water partition coefficient (Wildman–Crippen LogP) is 4.81. The van der Waals surface area contributed by atoms with Gasteiger partial charge in [-0.25, -0.2) is 4.39 Å². The van der Waals surface area contributed by atoms with Crippen LogP contribution in [0.25, 0.3) is 0 Å². The second-order valence-corrected chi connectivity index (χ2v) is 4.31. The Morgan fingerprint density at radius 1 is 1.00 bits per heavy atom. The fraction of sp³-hybridized carbons (Fsp3) is 0.0769. The molecule has 1 unspecified atom stereocenters. The van der Waals surface area contributed by atoms with E-state index in [1.54, 1.807) is 12.1 Å². The lowest BCUT2D eigenvalue weighted by atomic mass is 10.0. The fourth-order valence-corrected chi connectivity index (χ4v) is 1.99. The molecule has 0 bridgehead atoms. The minimum absolute atomic E-state index is 0.373. The molecule has 1 atom stereocenters. The van der Waals surface area contributed by atoms with Gasteiger partial charge in [0.05, 0.1) is 5.38 Å². The van der Waals surface area contributed by atoms with Crippen LogP contribution in [0.1, 0.15) is 16.5 Å². The highest BCUT2D eigenvalue weighted by Crippen LogP contribution is 2.31. The van der Waals surface area contributed by atoms with Gasteiger partial charge >= 0.3 is 0 Å². The van der Waals surface area contributed by atoms with Crippen molar-refractivity contribution < 1.29 is 4.39 Å². The first-order chi connectivity index (χ1) is 7.68. The topological polar surface area (TPSA) is 0 Å². The van der Waals surface area contributed by atoms with Gasteiger partial charge in [0.25, 0.3) is 0 Å². The molecule has 0 saturated heterocycles. The Morgan fingerprint density at radius 3 is 2.31 bits per heavy atom. The quantitative estimate of drug-likeness (QED) is 0.675. The molecule has 0 spiro atoms. The van der Waals surface area contributed by atoms with E-state index in [2.05, 4.69) is 0 Å². The van der Waals surface area contributed by atoms with E-state index < -0.39 is 5.38 Å². The summed E-state index contributed by atoms with van der Waals surface area (Å²) in [5.41, 5.74) is 1.31. The van der Waals surface area contributed by atoms with E-state index in [0.717, 1.165) is 5.56 Å². The molecule has 3 heteroatoms. The summed E-state index contributed by atoms with van der Waals surface area (Å²) in [4.78, 5) is 0. The van der Waals surface area contributed by atoms with Gasteiger partial charge in [0, 0.05) is 10.6 Å². The van der Waals surface area contributed by atoms with Crippen molar-refractivity contribution in [3.8, 4) is 0 Å². The van der Waals surface area contributed by atoms with E-state index in [-0.39, 0.29) is 5.82 Å². The second kappa shape index (κ2) is 4.86. The standard InChI is InChI=1S/C13H9Cl2F/c14-10-6-7-11(12(16)8-10)13(15)9-4-2-1-3-5-9/h1-8,13H. The maximum Gasteiger partial charge on any atom is 0.129 e. The molecule has 0 nitrogen and oxygen atoms in total. The lowest BCUT2D eigenvalue weighted by molar-refractivity contribution is 0.612. The Bertz CT molecular complexity index is 483. The van der Waals surface area contributed by atoms with Crippen molar-refractivity contribution in [1.29, 1.82) is 0 Å². The molecule has 2 aromatic carbocycles. The van der Waals surface area contributed by atoms with Crippen LogP contribution in [0, 0.1) is 5.82 Å². The fourth-order valence-electron chi connectivity index (χ4n) is 1.51. The molecule has 0 aliphatic rings. The van der Waals surface area contributed by atoms with E-state index in [0.29, 0.717) is 10.6 Å². The van der Waals surface area contributed by atoms with Gasteiger partial charge in [0.2, 0.25) is 0 Å². The van der Waals surface area contributed by atoms with Crippen molar-refractivity contribution in [2.24, 2.45) is 0 Å². The summed E-state index contributed by atoms with van der Waals surface area (Å²) in [5, 5.41) is -0.114. The lowest BCUT2D eigenvalue weighted by Gasteiger charge is -2.11. The van der Waals surface area contributed by atoms with Crippen molar-refractivity contribution in [3.63, 3.8) is 0 Å². The summed E-state index contributed by atoms with van der Waals surface area (Å²) >= 11 is 11.9. The van der Waals surface area contributed by atoms with Gasteiger partial charge in [-0.3, -0.25) is 0 Å². The van der Waals surface area contributed by atoms with Crippen molar-refractivity contribution in [3.05, 3.63) is 70.5 Å². The van der Waals surface area contributed by atoms with Crippen LogP contribution in [0.5, 0.6) is 0 Å². The van der Waals surface area contributed by atoms with Gasteiger partial charge < -0.3 is 0 Å². The first-order valence-corrected chi connectivity index (χ1v) is 5.64. The molecule has 0 N–H and O–H groups in total. The van der Waals surface area contributed by atoms with E-state index in [1.807, 2.05) is 30.3 Å². The van der Waals surface area contributed by atoms with Crippen LogP contribution >= 0.6 is 23.2 Å². The average molecular weight is 255 g/mol. The highest BCUT2D eigenvalue weighted by atomic mass is 35.5. The average Bonchev–Trinajstić information content (AvgIpc) is 2.29. The Balaban J connectivity index is 2.38. The van der Waals surface area contributed by atoms with Crippen molar-refractivity contribution in [2.45, 2.75) is 5.38 Å². The number of alkyl halides is 1. The zero-order chi connectivity index (χ0) is 11.5. The number of rotatable bonds is 2. The highest BCUT2D eigenvalue weighted by Gasteiger charge is 2.14. The van der Waals surface area contributed by atoms with Crippen LogP contribution in [0.3, 0.4) is 0 Å². The lowest BCUT2D eigenvalue weighted by Crippen LogP contribution is -1.96. The van der Waals surface area contributed by atoms with E-state index >= 15 is 0 Å². The zero-order valence-corrected chi connectivity index (χ0v) is 9.84. The van der Waals surface area contributed by atoms with Crippen molar-refractivity contribution >= 4 is 23.2 Å². The number of benzene rings is 2. The molecule has 82 valence electrons. The van der Waals surface area contributed by atoms with Crippen LogP contribution in [-0.4, -0.2) is 0 Å². The van der Waals surface area contributed by atoms with Crippen molar-refractivity contribution in [1.82, 2.24) is 0 Å². The molecular formula is C13H9Cl2F. The van der Waals surface area contributed by atoms with Gasteiger partial charge in [-0.1, -0.05) is 48.0 Å². The van der Waals surface area contributed by atoms with Crippen LogP contribution in [0.15, 0.2) is 48.5 Å². The van der Waals surface area contributed by atoms with Crippen molar-refractivity contribution in [2.75, 3.05) is 0 Å². The van der Waals surface area contributed by atoms with Crippen LogP contribution in [0.4, 0.5) is 4.39 Å². The Kier molecular flexibility index (Phi) is 3.47. The van der Waals surface area contributed by atoms with Gasteiger partial charge in [-0.05, 0) is 17.7 Å². The summed E-state index contributed by atoms with van der Waals surface area (Å²) in [6.45, 7) is 0. The summed E-state index contributed by atoms with van der Waals surface area (Å²) in [5.74, 6) is -0.378. The molecule has 0 aliphatic carbocycles. The van der Waals surface area contributed by atoms with Gasteiger partial charge in [-0.15, -0.1) is 11.6 Å². The third-order valence-corrected chi connectivity index (χ3v) is 3.05. The molecule has 0 saturated carbocycles. The van der Waals surface area contributed by atoms with E-state index in [4.69, 9.17) is 23.2 Å². The first-order valence-electron chi connectivity index (χ1n) is 4.82. The Morgan fingerprint density at radius 2 is 1.69 bits per heavy atom. The Hall–Kier alpha value is -1.05. The third kappa shape index (κ3) is 2.37. The maximum atomic E-state index is 13.6. The van der Waals surface area contributed by atoms with Gasteiger partial charge in [0.1, 0.15) is 5.82 Å². The highest BCUT2D eigenvalue weighted by molar-refractivity contribution is 6.30. The Labute approximate surface area is 104 Å². The molecule has 2 rings (SSSR count). The molecule has 2 aromatic rings. The molecule has 0 aliphatic heterocycles. The van der Waals surface area contributed by atoms with Gasteiger partial charge in [-0.2, -0.15) is 0 Å². The molecule has 0 radical (unpaired) electrons. The number of halogens is 3. The normalized spacial score (nSPS) is 12.4. The predicted molar refractivity (Wildman–Crippen MR) is 65.5 cm³/mol. The van der Waals surface area contributed by atoms with Crippen LogP contribution < -0.4 is 0 Å². The molecule has 0 amide bonds. The molecular weight excluding hydrogens is 246 g/mol. The second-order valence-electron chi connectivity index (χ2n) is 3.44. The largest absolute Gasteiger partial charge is 0.207 e. The SMILES string of the molecule is Fc1cc(Cl)ccc1C(Cl)c1ccccc1. The van der Waals surface area contributed by atoms with E-state index in [1.165, 1.54) is 6.07 Å². The van der Waals surface area contributed by atoms with Crippen LogP contribution in [0.2, 0.25) is 5.02 Å². The minimum atomic E-state index is -0.488. The van der Waals surface area contributed by atoms with Gasteiger partial charge in [0.15, 0.2) is 0 Å². The monoisotopic (exact) mass is 254 g/mol. The van der Waals surface area contributed by atoms with Crippen LogP contribution in [-0.2, 0) is 0 Å². The summed E-state index contributed by atoms with van der Waals surface area (Å²) in [7, 11) is 0. The summed E-state index contributed by atoms with van der Waals surface area (Å²) < 4.78 is 13.6. The summed E-state index contributed by atoms with van der Waals surface area (Å²) in [6, 6.07) is 13.9. The molecule has 0 heterocycles. The molecule has 0 aromatic heterocycles. The number of hydrogen-bond donors (Lipinski definition) is 0. The molecule has 16 heavy (non-hydrogen) atoms. The maximum absolute atomic E-state index is 13.6. The van der Waals surface area contributed by atoms with E-state index in [9.17, 15) is 4.39 Å². The minimum Gasteiger partial charge on any atom is -0.207 e. The number of hydrogen-bond acceptors (Lipinski definition) is 0. The third-order valence-electron chi connectivity index (χ3n) is 2.33. The zero-order valence-electron chi connectivity index (χ0n) is 8.33. The molecule has 0 fully saturated rings. The smallest absolute Gasteiger partial charge is 0.129 e. The summed E-state index contributed by atoms with van der Waals surface area (Å²) in [6.07, 6.45) is 0.